The van der Waals surface area contributed by atoms with Crippen molar-refractivity contribution < 1.29 is 8.78 Å². The molecule has 0 spiro atoms. The summed E-state index contributed by atoms with van der Waals surface area (Å²) >= 11 is 0. The van der Waals surface area contributed by atoms with Crippen LogP contribution >= 0.6 is 0 Å². The molecule has 18 heavy (non-hydrogen) atoms. The van der Waals surface area contributed by atoms with Crippen molar-refractivity contribution in [2.75, 3.05) is 11.9 Å². The summed E-state index contributed by atoms with van der Waals surface area (Å²) in [5.74, 6) is -0.333. The van der Waals surface area contributed by atoms with E-state index in [-0.39, 0.29) is 0 Å². The molecule has 0 saturated carbocycles. The summed E-state index contributed by atoms with van der Waals surface area (Å²) in [6, 6.07) is 3.56. The topological polar surface area (TPSA) is 29.9 Å². The standard InChI is InChI=1S/C13H15F2N3/c1-9-8-18(2)13(17-9)16-4-3-10-5-11(14)7-12(15)6-10/h5-8H,3-4H2,1-2H3,(H,16,17). The van der Waals surface area contributed by atoms with Gasteiger partial charge >= 0.3 is 0 Å². The lowest BCUT2D eigenvalue weighted by molar-refractivity contribution is 0.580. The zero-order valence-corrected chi connectivity index (χ0v) is 10.4. The van der Waals surface area contributed by atoms with Crippen molar-refractivity contribution in [1.29, 1.82) is 0 Å². The molecular weight excluding hydrogens is 236 g/mol. The molecule has 0 bridgehead atoms. The van der Waals surface area contributed by atoms with E-state index in [1.54, 1.807) is 0 Å². The number of aryl methyl sites for hydroxylation is 2. The molecule has 0 radical (unpaired) electrons. The lowest BCUT2D eigenvalue weighted by atomic mass is 10.1. The van der Waals surface area contributed by atoms with Gasteiger partial charge in [0.1, 0.15) is 11.6 Å². The molecule has 0 amide bonds. The zero-order chi connectivity index (χ0) is 13.1. The monoisotopic (exact) mass is 251 g/mol. The van der Waals surface area contributed by atoms with Crippen LogP contribution < -0.4 is 5.32 Å². The van der Waals surface area contributed by atoms with Crippen LogP contribution in [0.15, 0.2) is 24.4 Å². The maximum absolute atomic E-state index is 13.0. The highest BCUT2D eigenvalue weighted by molar-refractivity contribution is 5.29. The number of hydrogen-bond acceptors (Lipinski definition) is 2. The van der Waals surface area contributed by atoms with Gasteiger partial charge in [0, 0.05) is 25.9 Å². The van der Waals surface area contributed by atoms with E-state index < -0.39 is 11.6 Å². The van der Waals surface area contributed by atoms with Crippen molar-refractivity contribution in [3.05, 3.63) is 47.3 Å². The predicted molar refractivity (Wildman–Crippen MR) is 66.5 cm³/mol. The minimum Gasteiger partial charge on any atom is -0.355 e. The Kier molecular flexibility index (Phi) is 3.60. The number of anilines is 1. The average Bonchev–Trinajstić information content (AvgIpc) is 2.56. The van der Waals surface area contributed by atoms with Gasteiger partial charge in [0.2, 0.25) is 5.95 Å². The Balaban J connectivity index is 1.94. The van der Waals surface area contributed by atoms with Gasteiger partial charge in [-0.2, -0.15) is 0 Å². The van der Waals surface area contributed by atoms with Crippen LogP contribution in [0.3, 0.4) is 0 Å². The largest absolute Gasteiger partial charge is 0.355 e. The van der Waals surface area contributed by atoms with Crippen molar-refractivity contribution in [1.82, 2.24) is 9.55 Å². The van der Waals surface area contributed by atoms with Crippen molar-refractivity contribution >= 4 is 5.95 Å². The molecule has 0 saturated heterocycles. The highest BCUT2D eigenvalue weighted by Crippen LogP contribution is 2.10. The number of aromatic nitrogens is 2. The smallest absolute Gasteiger partial charge is 0.202 e. The molecule has 1 N–H and O–H groups in total. The number of nitrogens with one attached hydrogen (secondary N) is 1. The Morgan fingerprint density at radius 2 is 1.89 bits per heavy atom. The molecule has 2 aromatic rings. The van der Waals surface area contributed by atoms with Gasteiger partial charge < -0.3 is 9.88 Å². The summed E-state index contributed by atoms with van der Waals surface area (Å²) in [5, 5.41) is 3.13. The van der Waals surface area contributed by atoms with E-state index >= 15 is 0 Å². The van der Waals surface area contributed by atoms with Gasteiger partial charge in [0.25, 0.3) is 0 Å². The van der Waals surface area contributed by atoms with Gasteiger partial charge in [-0.05, 0) is 31.0 Å². The van der Waals surface area contributed by atoms with Crippen LogP contribution in [-0.4, -0.2) is 16.1 Å². The Morgan fingerprint density at radius 1 is 1.22 bits per heavy atom. The number of benzene rings is 1. The molecule has 0 unspecified atom stereocenters. The molecule has 0 aliphatic rings. The van der Waals surface area contributed by atoms with Crippen LogP contribution in [0.25, 0.3) is 0 Å². The second-order valence-corrected chi connectivity index (χ2v) is 4.27. The number of imidazole rings is 1. The normalized spacial score (nSPS) is 10.7. The van der Waals surface area contributed by atoms with E-state index in [2.05, 4.69) is 10.3 Å². The summed E-state index contributed by atoms with van der Waals surface area (Å²) in [6.45, 7) is 2.49. The fraction of sp³-hybridized carbons (Fsp3) is 0.308. The maximum atomic E-state index is 13.0. The zero-order valence-electron chi connectivity index (χ0n) is 10.4. The maximum Gasteiger partial charge on any atom is 0.202 e. The van der Waals surface area contributed by atoms with Crippen molar-refractivity contribution in [3.8, 4) is 0 Å². The van der Waals surface area contributed by atoms with Gasteiger partial charge in [-0.3, -0.25) is 0 Å². The van der Waals surface area contributed by atoms with Gasteiger partial charge in [-0.15, -0.1) is 0 Å². The van der Waals surface area contributed by atoms with Crippen LogP contribution in [0.1, 0.15) is 11.3 Å². The summed E-state index contributed by atoms with van der Waals surface area (Å²) < 4.78 is 27.8. The second kappa shape index (κ2) is 5.16. The molecule has 0 aliphatic heterocycles. The third-order valence-corrected chi connectivity index (χ3v) is 2.62. The lowest BCUT2D eigenvalue weighted by Gasteiger charge is -2.06. The van der Waals surface area contributed by atoms with E-state index in [1.807, 2.05) is 24.7 Å². The van der Waals surface area contributed by atoms with Gasteiger partial charge in [-0.1, -0.05) is 0 Å². The van der Waals surface area contributed by atoms with Crippen LogP contribution in [0.2, 0.25) is 0 Å². The number of rotatable bonds is 4. The highest BCUT2D eigenvalue weighted by atomic mass is 19.1. The molecular formula is C13H15F2N3. The summed E-state index contributed by atoms with van der Waals surface area (Å²) in [4.78, 5) is 4.28. The summed E-state index contributed by atoms with van der Waals surface area (Å²) in [6.07, 6.45) is 2.45. The Labute approximate surface area is 104 Å². The molecule has 0 aliphatic carbocycles. The molecule has 5 heteroatoms. The summed E-state index contributed by atoms with van der Waals surface area (Å²) in [5.41, 5.74) is 1.56. The molecule has 2 rings (SSSR count). The third-order valence-electron chi connectivity index (χ3n) is 2.62. The minimum atomic E-state index is -0.544. The average molecular weight is 251 g/mol. The predicted octanol–water partition coefficient (Wildman–Crippen LogP) is 2.66. The molecule has 1 aromatic carbocycles. The van der Waals surface area contributed by atoms with E-state index in [0.29, 0.717) is 18.5 Å². The molecule has 0 fully saturated rings. The van der Waals surface area contributed by atoms with Gasteiger partial charge in [-0.25, -0.2) is 13.8 Å². The highest BCUT2D eigenvalue weighted by Gasteiger charge is 2.03. The first-order valence-corrected chi connectivity index (χ1v) is 5.73. The van der Waals surface area contributed by atoms with E-state index in [0.717, 1.165) is 17.7 Å². The Bertz CT molecular complexity index is 529. The Morgan fingerprint density at radius 3 is 2.44 bits per heavy atom. The van der Waals surface area contributed by atoms with Crippen LogP contribution in [0.5, 0.6) is 0 Å². The van der Waals surface area contributed by atoms with Crippen LogP contribution in [-0.2, 0) is 13.5 Å². The van der Waals surface area contributed by atoms with E-state index in [1.165, 1.54) is 12.1 Å². The van der Waals surface area contributed by atoms with Crippen LogP contribution in [0.4, 0.5) is 14.7 Å². The molecule has 0 atom stereocenters. The van der Waals surface area contributed by atoms with Gasteiger partial charge in [0.05, 0.1) is 5.69 Å². The number of hydrogen-bond donors (Lipinski definition) is 1. The lowest BCUT2D eigenvalue weighted by Crippen LogP contribution is -2.09. The first-order chi connectivity index (χ1) is 8.54. The molecule has 96 valence electrons. The molecule has 1 heterocycles. The molecule has 1 aromatic heterocycles. The fourth-order valence-corrected chi connectivity index (χ4v) is 1.85. The van der Waals surface area contributed by atoms with Crippen LogP contribution in [0, 0.1) is 18.6 Å². The van der Waals surface area contributed by atoms with E-state index in [4.69, 9.17) is 0 Å². The van der Waals surface area contributed by atoms with E-state index in [9.17, 15) is 8.78 Å². The van der Waals surface area contributed by atoms with Crippen molar-refractivity contribution in [2.45, 2.75) is 13.3 Å². The quantitative estimate of drug-likeness (QED) is 0.905. The summed E-state index contributed by atoms with van der Waals surface area (Å²) in [7, 11) is 1.89. The fourth-order valence-electron chi connectivity index (χ4n) is 1.85. The van der Waals surface area contributed by atoms with Crippen molar-refractivity contribution in [3.63, 3.8) is 0 Å². The number of nitrogens with zero attached hydrogens (tertiary/aromatic N) is 2. The first kappa shape index (κ1) is 12.5. The Hall–Kier alpha value is -1.91. The van der Waals surface area contributed by atoms with Crippen molar-refractivity contribution in [2.24, 2.45) is 7.05 Å². The number of halogens is 2. The van der Waals surface area contributed by atoms with Gasteiger partial charge in [0.15, 0.2) is 0 Å². The SMILES string of the molecule is Cc1cn(C)c(NCCc2cc(F)cc(F)c2)n1. The minimum absolute atomic E-state index is 0.542. The first-order valence-electron chi connectivity index (χ1n) is 5.73. The second-order valence-electron chi connectivity index (χ2n) is 4.27. The molecule has 3 nitrogen and oxygen atoms in total. The third kappa shape index (κ3) is 3.06.